The van der Waals surface area contributed by atoms with Gasteiger partial charge in [0.05, 0.1) is 6.54 Å². The Morgan fingerprint density at radius 1 is 1.25 bits per heavy atom. The van der Waals surface area contributed by atoms with E-state index in [2.05, 4.69) is 10.6 Å². The standard InChI is InChI=1S/C23H31F2N3O4.2H2/c1-23(2,3)32-20(30)13-28-10-8-14(9-11-28)16-5-4-15(12-17(16)21(24)25)26-18-6-7-19(29)27-22(18)31;;/h4-5,12,14,18,21,26H,6-11,13H2,1-3H3,(H,27,29,31);2*1H. The maximum atomic E-state index is 13.9. The minimum absolute atomic E-state index is 0. The van der Waals surface area contributed by atoms with Gasteiger partial charge in [0, 0.05) is 20.5 Å². The third kappa shape index (κ3) is 6.48. The highest BCUT2D eigenvalue weighted by molar-refractivity contribution is 6.01. The summed E-state index contributed by atoms with van der Waals surface area (Å²) in [5.41, 5.74) is 0.449. The highest BCUT2D eigenvalue weighted by atomic mass is 19.3. The number of hydrogen-bond donors (Lipinski definition) is 2. The SMILES string of the molecule is CC(C)(C)OC(=O)CN1CCC(c2ccc(NC3CCC(=O)NC3=O)cc2C(F)F)CC1.[HH].[HH]. The van der Waals surface area contributed by atoms with Crippen molar-refractivity contribution in [1.82, 2.24) is 10.2 Å². The molecule has 1 aromatic rings. The van der Waals surface area contributed by atoms with Crippen LogP contribution in [0.15, 0.2) is 18.2 Å². The van der Waals surface area contributed by atoms with Gasteiger partial charge in [-0.25, -0.2) is 8.78 Å². The van der Waals surface area contributed by atoms with E-state index < -0.39 is 24.0 Å². The monoisotopic (exact) mass is 455 g/mol. The number of alkyl halides is 2. The summed E-state index contributed by atoms with van der Waals surface area (Å²) in [6.45, 7) is 6.91. The topological polar surface area (TPSA) is 87.7 Å². The Kier molecular flexibility index (Phi) is 7.48. The molecule has 7 nitrogen and oxygen atoms in total. The second kappa shape index (κ2) is 9.94. The zero-order valence-corrected chi connectivity index (χ0v) is 18.7. The molecule has 0 radical (unpaired) electrons. The molecular weight excluding hydrogens is 420 g/mol. The number of esters is 1. The van der Waals surface area contributed by atoms with Crippen LogP contribution < -0.4 is 10.6 Å². The van der Waals surface area contributed by atoms with Gasteiger partial charge in [0.25, 0.3) is 6.43 Å². The molecule has 1 atom stereocenters. The molecule has 2 amide bonds. The Morgan fingerprint density at radius 3 is 2.53 bits per heavy atom. The summed E-state index contributed by atoms with van der Waals surface area (Å²) in [5.74, 6) is -1.08. The number of nitrogens with zero attached hydrogens (tertiary/aromatic N) is 1. The van der Waals surface area contributed by atoms with Crippen molar-refractivity contribution in [2.24, 2.45) is 0 Å². The van der Waals surface area contributed by atoms with Crippen molar-refractivity contribution in [3.05, 3.63) is 29.3 Å². The lowest BCUT2D eigenvalue weighted by Crippen LogP contribution is -2.47. The molecule has 0 bridgehead atoms. The number of carbonyl (C=O) groups excluding carboxylic acids is 3. The number of rotatable bonds is 6. The summed E-state index contributed by atoms with van der Waals surface area (Å²) in [4.78, 5) is 37.3. The third-order valence-electron chi connectivity index (χ3n) is 5.70. The largest absolute Gasteiger partial charge is 0.459 e. The fourth-order valence-corrected chi connectivity index (χ4v) is 4.22. The number of amides is 2. The number of carbonyl (C=O) groups is 3. The Hall–Kier alpha value is -2.55. The third-order valence-corrected chi connectivity index (χ3v) is 5.70. The first-order chi connectivity index (χ1) is 15.0. The summed E-state index contributed by atoms with van der Waals surface area (Å²) in [6, 6.07) is 4.18. The van der Waals surface area contributed by atoms with Gasteiger partial charge in [-0.1, -0.05) is 6.07 Å². The molecule has 2 aliphatic heterocycles. The lowest BCUT2D eigenvalue weighted by atomic mass is 9.86. The molecule has 180 valence electrons. The number of halogens is 2. The number of piperidine rings is 2. The van der Waals surface area contributed by atoms with E-state index in [4.69, 9.17) is 4.74 Å². The van der Waals surface area contributed by atoms with E-state index in [1.807, 2.05) is 25.7 Å². The van der Waals surface area contributed by atoms with Gasteiger partial charge in [-0.2, -0.15) is 0 Å². The highest BCUT2D eigenvalue weighted by Gasteiger charge is 2.29. The number of anilines is 1. The number of hydrogen-bond acceptors (Lipinski definition) is 6. The Labute approximate surface area is 189 Å². The molecule has 1 unspecified atom stereocenters. The summed E-state index contributed by atoms with van der Waals surface area (Å²) < 4.78 is 33.1. The Bertz CT molecular complexity index is 872. The second-order valence-corrected chi connectivity index (χ2v) is 9.43. The summed E-state index contributed by atoms with van der Waals surface area (Å²) in [7, 11) is 0. The predicted molar refractivity (Wildman–Crippen MR) is 120 cm³/mol. The van der Waals surface area contributed by atoms with Crippen LogP contribution in [0.4, 0.5) is 14.5 Å². The van der Waals surface area contributed by atoms with Gasteiger partial charge >= 0.3 is 5.97 Å². The van der Waals surface area contributed by atoms with E-state index in [0.29, 0.717) is 43.6 Å². The van der Waals surface area contributed by atoms with E-state index in [-0.39, 0.29) is 39.2 Å². The van der Waals surface area contributed by atoms with Crippen LogP contribution >= 0.6 is 0 Å². The van der Waals surface area contributed by atoms with Crippen molar-refractivity contribution in [1.29, 1.82) is 0 Å². The minimum Gasteiger partial charge on any atom is -0.459 e. The number of benzene rings is 1. The molecule has 1 aromatic carbocycles. The molecule has 32 heavy (non-hydrogen) atoms. The number of imide groups is 1. The average Bonchev–Trinajstić information content (AvgIpc) is 2.69. The van der Waals surface area contributed by atoms with Crippen molar-refractivity contribution in [3.63, 3.8) is 0 Å². The van der Waals surface area contributed by atoms with Crippen LogP contribution in [0, 0.1) is 0 Å². The average molecular weight is 456 g/mol. The van der Waals surface area contributed by atoms with Gasteiger partial charge in [0.2, 0.25) is 11.8 Å². The van der Waals surface area contributed by atoms with Gasteiger partial charge in [-0.15, -0.1) is 0 Å². The molecular formula is C23H35F2N3O4. The van der Waals surface area contributed by atoms with Crippen LogP contribution in [0.3, 0.4) is 0 Å². The van der Waals surface area contributed by atoms with Crippen LogP contribution in [0.25, 0.3) is 0 Å². The van der Waals surface area contributed by atoms with Gasteiger partial charge in [0.15, 0.2) is 0 Å². The van der Waals surface area contributed by atoms with Crippen molar-refractivity contribution in [2.45, 2.75) is 70.4 Å². The van der Waals surface area contributed by atoms with Crippen molar-refractivity contribution in [3.8, 4) is 0 Å². The van der Waals surface area contributed by atoms with Gasteiger partial charge in [-0.3, -0.25) is 24.6 Å². The van der Waals surface area contributed by atoms with Crippen molar-refractivity contribution >= 4 is 23.5 Å². The molecule has 2 aliphatic rings. The predicted octanol–water partition coefficient (Wildman–Crippen LogP) is 3.85. The number of ether oxygens (including phenoxy) is 1. The molecule has 3 rings (SSSR count). The molecule has 0 spiro atoms. The van der Waals surface area contributed by atoms with Gasteiger partial charge in [-0.05, 0) is 76.7 Å². The van der Waals surface area contributed by atoms with E-state index >= 15 is 0 Å². The van der Waals surface area contributed by atoms with Crippen LogP contribution in [0.2, 0.25) is 0 Å². The van der Waals surface area contributed by atoms with Gasteiger partial charge in [0.1, 0.15) is 11.6 Å². The van der Waals surface area contributed by atoms with E-state index in [9.17, 15) is 23.2 Å². The van der Waals surface area contributed by atoms with E-state index in [0.717, 1.165) is 0 Å². The van der Waals surface area contributed by atoms with E-state index in [1.165, 1.54) is 6.07 Å². The molecule has 0 saturated carbocycles. The normalized spacial score (nSPS) is 20.9. The van der Waals surface area contributed by atoms with Crippen LogP contribution in [-0.4, -0.2) is 54.0 Å². The van der Waals surface area contributed by atoms with Crippen molar-refractivity contribution in [2.75, 3.05) is 25.0 Å². The molecule has 9 heteroatoms. The van der Waals surface area contributed by atoms with Crippen LogP contribution in [-0.2, 0) is 19.1 Å². The first kappa shape index (κ1) is 24.1. The molecule has 0 aromatic heterocycles. The first-order valence-corrected chi connectivity index (χ1v) is 11.0. The zero-order chi connectivity index (χ0) is 23.5. The summed E-state index contributed by atoms with van der Waals surface area (Å²) >= 11 is 0. The first-order valence-electron chi connectivity index (χ1n) is 11.0. The molecule has 0 aliphatic carbocycles. The van der Waals surface area contributed by atoms with Crippen LogP contribution in [0.1, 0.15) is 72.8 Å². The summed E-state index contributed by atoms with van der Waals surface area (Å²) in [5, 5.41) is 5.22. The number of likely N-dealkylation sites (tertiary alicyclic amines) is 1. The van der Waals surface area contributed by atoms with Crippen LogP contribution in [0.5, 0.6) is 0 Å². The smallest absolute Gasteiger partial charge is 0.320 e. The summed E-state index contributed by atoms with van der Waals surface area (Å²) in [6.07, 6.45) is -0.768. The lowest BCUT2D eigenvalue weighted by Gasteiger charge is -2.33. The maximum Gasteiger partial charge on any atom is 0.320 e. The number of nitrogens with one attached hydrogen (secondary N) is 2. The molecule has 2 N–H and O–H groups in total. The Balaban J connectivity index is 0.00000289. The van der Waals surface area contributed by atoms with E-state index in [1.54, 1.807) is 12.1 Å². The zero-order valence-electron chi connectivity index (χ0n) is 18.7. The maximum absolute atomic E-state index is 13.9. The second-order valence-electron chi connectivity index (χ2n) is 9.43. The lowest BCUT2D eigenvalue weighted by molar-refractivity contribution is -0.156. The minimum atomic E-state index is -2.65. The van der Waals surface area contributed by atoms with Crippen molar-refractivity contribution < 1.29 is 30.8 Å². The molecule has 2 saturated heterocycles. The Morgan fingerprint density at radius 2 is 1.94 bits per heavy atom. The quantitative estimate of drug-likeness (QED) is 0.500. The fourth-order valence-electron chi connectivity index (χ4n) is 4.22. The highest BCUT2D eigenvalue weighted by Crippen LogP contribution is 2.36. The fraction of sp³-hybridized carbons (Fsp3) is 0.609. The van der Waals surface area contributed by atoms with Gasteiger partial charge < -0.3 is 10.1 Å². The molecule has 2 heterocycles. The molecule has 2 fully saturated rings.